The van der Waals surface area contributed by atoms with Crippen molar-refractivity contribution in [3.8, 4) is 0 Å². The maximum Gasteiger partial charge on any atom is 0.263 e. The highest BCUT2D eigenvalue weighted by Gasteiger charge is 2.32. The van der Waals surface area contributed by atoms with Gasteiger partial charge in [0.05, 0.1) is 10.8 Å². The fraction of sp³-hybridized carbons (Fsp3) is 0.280. The van der Waals surface area contributed by atoms with Gasteiger partial charge >= 0.3 is 0 Å². The number of anilines is 2. The quantitative estimate of drug-likeness (QED) is 0.387. The summed E-state index contributed by atoms with van der Waals surface area (Å²) in [5.74, 6) is -0.867. The van der Waals surface area contributed by atoms with Crippen molar-refractivity contribution in [2.24, 2.45) is 0 Å². The summed E-state index contributed by atoms with van der Waals surface area (Å²) in [7, 11) is -3.71. The van der Waals surface area contributed by atoms with Gasteiger partial charge in [0.1, 0.15) is 5.82 Å². The molecule has 36 heavy (non-hydrogen) atoms. The number of nitrogens with one attached hydrogen (secondary N) is 2. The predicted octanol–water partition coefficient (Wildman–Crippen LogP) is 4.41. The second-order valence-electron chi connectivity index (χ2n) is 8.89. The number of H-pyrrole nitrogens is 1. The first-order chi connectivity index (χ1) is 17.2. The van der Waals surface area contributed by atoms with E-state index in [4.69, 9.17) is 0 Å². The molecule has 3 heterocycles. The molecule has 5 rings (SSSR count). The fourth-order valence-corrected chi connectivity index (χ4v) is 6.48. The number of sulfonamides is 1. The number of rotatable bonds is 6. The summed E-state index contributed by atoms with van der Waals surface area (Å²) in [4.78, 5) is 24.5. The first-order valence-electron chi connectivity index (χ1n) is 11.6. The van der Waals surface area contributed by atoms with Crippen LogP contribution in [0.4, 0.5) is 15.2 Å². The third-order valence-electron chi connectivity index (χ3n) is 6.60. The van der Waals surface area contributed by atoms with Gasteiger partial charge in [0.2, 0.25) is 5.91 Å². The number of aromatic amines is 1. The van der Waals surface area contributed by atoms with E-state index in [9.17, 15) is 17.6 Å². The zero-order chi connectivity index (χ0) is 25.4. The molecule has 2 atom stereocenters. The highest BCUT2D eigenvalue weighted by Crippen LogP contribution is 2.30. The molecular formula is C25H26FN5O3S2. The first kappa shape index (κ1) is 24.3. The molecular weight excluding hydrogens is 501 g/mol. The minimum Gasteiger partial charge on any atom is -0.368 e. The second kappa shape index (κ2) is 9.55. The third-order valence-corrected chi connectivity index (χ3v) is 8.77. The molecule has 0 saturated carbocycles. The SMILES string of the molecule is C[C@H](C(=O)N1CCN(c2ccc(S(=O)(=O)Nc3nccs3)cc2)C[C@@H]1C)c1c[nH]c2cccc(F)c12. The van der Waals surface area contributed by atoms with E-state index in [1.54, 1.807) is 48.0 Å². The number of carbonyl (C=O) groups excluding carboxylic acids is 1. The fourth-order valence-electron chi connectivity index (χ4n) is 4.69. The van der Waals surface area contributed by atoms with Gasteiger partial charge in [0, 0.05) is 60.0 Å². The molecule has 2 N–H and O–H groups in total. The molecule has 4 aromatic rings. The van der Waals surface area contributed by atoms with Gasteiger partial charge in [-0.25, -0.2) is 17.8 Å². The molecule has 188 valence electrons. The third kappa shape index (κ3) is 4.56. The molecule has 0 unspecified atom stereocenters. The largest absolute Gasteiger partial charge is 0.368 e. The minimum absolute atomic E-state index is 0.0407. The Labute approximate surface area is 212 Å². The lowest BCUT2D eigenvalue weighted by Crippen LogP contribution is -2.55. The number of benzene rings is 2. The van der Waals surface area contributed by atoms with Crippen molar-refractivity contribution in [1.82, 2.24) is 14.9 Å². The molecule has 0 bridgehead atoms. The Morgan fingerprint density at radius 2 is 2.00 bits per heavy atom. The van der Waals surface area contributed by atoms with Crippen molar-refractivity contribution >= 4 is 49.0 Å². The summed E-state index contributed by atoms with van der Waals surface area (Å²) in [5, 5.41) is 2.48. The van der Waals surface area contributed by atoms with Crippen molar-refractivity contribution in [3.63, 3.8) is 0 Å². The predicted molar refractivity (Wildman–Crippen MR) is 139 cm³/mol. The lowest BCUT2D eigenvalue weighted by Gasteiger charge is -2.42. The maximum absolute atomic E-state index is 14.5. The van der Waals surface area contributed by atoms with Gasteiger partial charge in [-0.15, -0.1) is 11.3 Å². The number of halogens is 1. The second-order valence-corrected chi connectivity index (χ2v) is 11.5. The van der Waals surface area contributed by atoms with E-state index in [1.807, 2.05) is 18.7 Å². The number of hydrogen-bond acceptors (Lipinski definition) is 6. The van der Waals surface area contributed by atoms with E-state index in [1.165, 1.54) is 23.6 Å². The van der Waals surface area contributed by atoms with Crippen LogP contribution < -0.4 is 9.62 Å². The molecule has 2 aromatic heterocycles. The van der Waals surface area contributed by atoms with E-state index in [-0.39, 0.29) is 22.7 Å². The van der Waals surface area contributed by atoms with Crippen LogP contribution in [0.2, 0.25) is 0 Å². The van der Waals surface area contributed by atoms with Gasteiger partial charge in [0.25, 0.3) is 10.0 Å². The van der Waals surface area contributed by atoms with Gasteiger partial charge in [-0.1, -0.05) is 6.07 Å². The first-order valence-corrected chi connectivity index (χ1v) is 13.9. The molecule has 0 radical (unpaired) electrons. The van der Waals surface area contributed by atoms with Crippen molar-refractivity contribution in [2.45, 2.75) is 30.7 Å². The highest BCUT2D eigenvalue weighted by molar-refractivity contribution is 7.93. The van der Waals surface area contributed by atoms with Crippen molar-refractivity contribution in [3.05, 3.63) is 71.6 Å². The van der Waals surface area contributed by atoms with E-state index in [2.05, 4.69) is 19.6 Å². The molecule has 11 heteroatoms. The van der Waals surface area contributed by atoms with Crippen LogP contribution in [0.15, 0.2) is 65.1 Å². The number of nitrogens with zero attached hydrogens (tertiary/aromatic N) is 3. The number of aromatic nitrogens is 2. The summed E-state index contributed by atoms with van der Waals surface area (Å²) in [5.41, 5.74) is 2.22. The summed E-state index contributed by atoms with van der Waals surface area (Å²) in [6, 6.07) is 11.5. The van der Waals surface area contributed by atoms with Crippen LogP contribution in [0.3, 0.4) is 0 Å². The summed E-state index contributed by atoms with van der Waals surface area (Å²) in [6.45, 7) is 5.53. The molecule has 2 aromatic carbocycles. The number of amides is 1. The standard InChI is InChI=1S/C25H26FN5O3S2/c1-16-15-30(18-6-8-19(9-7-18)36(33,34)29-25-27-10-13-35-25)11-12-31(16)24(32)17(2)20-14-28-22-5-3-4-21(26)23(20)22/h3-10,13-14,16-17,28H,11-12,15H2,1-2H3,(H,27,29)/t16-,17-/m0/s1. The van der Waals surface area contributed by atoms with E-state index in [0.29, 0.717) is 41.2 Å². The zero-order valence-electron chi connectivity index (χ0n) is 19.8. The van der Waals surface area contributed by atoms with Crippen LogP contribution in [0.25, 0.3) is 10.9 Å². The molecule has 0 spiro atoms. The molecule has 1 amide bonds. The summed E-state index contributed by atoms with van der Waals surface area (Å²) >= 11 is 1.21. The summed E-state index contributed by atoms with van der Waals surface area (Å²) < 4.78 is 42.1. The molecule has 0 aliphatic carbocycles. The average molecular weight is 528 g/mol. The lowest BCUT2D eigenvalue weighted by atomic mass is 9.97. The maximum atomic E-state index is 14.5. The van der Waals surface area contributed by atoms with Crippen LogP contribution >= 0.6 is 11.3 Å². The summed E-state index contributed by atoms with van der Waals surface area (Å²) in [6.07, 6.45) is 3.26. The number of fused-ring (bicyclic) bond motifs is 1. The van der Waals surface area contributed by atoms with E-state index < -0.39 is 15.9 Å². The topological polar surface area (TPSA) is 98.4 Å². The molecule has 1 fully saturated rings. The molecule has 1 aliphatic heterocycles. The van der Waals surface area contributed by atoms with Crippen LogP contribution in [0.5, 0.6) is 0 Å². The molecule has 1 saturated heterocycles. The Bertz CT molecular complexity index is 1490. The average Bonchev–Trinajstić information content (AvgIpc) is 3.53. The number of hydrogen-bond donors (Lipinski definition) is 2. The van der Waals surface area contributed by atoms with E-state index >= 15 is 0 Å². The van der Waals surface area contributed by atoms with Gasteiger partial charge in [-0.2, -0.15) is 0 Å². The Hall–Kier alpha value is -3.44. The van der Waals surface area contributed by atoms with Gasteiger partial charge in [-0.05, 0) is 55.8 Å². The number of carbonyl (C=O) groups is 1. The number of piperazine rings is 1. The smallest absolute Gasteiger partial charge is 0.263 e. The van der Waals surface area contributed by atoms with Gasteiger partial charge < -0.3 is 14.8 Å². The Kier molecular flexibility index (Phi) is 6.44. The van der Waals surface area contributed by atoms with Gasteiger partial charge in [0.15, 0.2) is 5.13 Å². The number of thiazole rings is 1. The molecule has 8 nitrogen and oxygen atoms in total. The lowest BCUT2D eigenvalue weighted by molar-refractivity contribution is -0.134. The van der Waals surface area contributed by atoms with Crippen LogP contribution in [-0.2, 0) is 14.8 Å². The van der Waals surface area contributed by atoms with Crippen molar-refractivity contribution in [1.29, 1.82) is 0 Å². The highest BCUT2D eigenvalue weighted by atomic mass is 32.2. The molecule has 1 aliphatic rings. The zero-order valence-corrected chi connectivity index (χ0v) is 21.4. The van der Waals surface area contributed by atoms with Gasteiger partial charge in [-0.3, -0.25) is 9.52 Å². The Morgan fingerprint density at radius 3 is 2.69 bits per heavy atom. The van der Waals surface area contributed by atoms with Crippen LogP contribution in [0.1, 0.15) is 25.3 Å². The monoisotopic (exact) mass is 527 g/mol. The normalized spacial score (nSPS) is 17.4. The van der Waals surface area contributed by atoms with E-state index in [0.717, 1.165) is 5.69 Å². The van der Waals surface area contributed by atoms with Crippen LogP contribution in [0, 0.1) is 5.82 Å². The Balaban J connectivity index is 1.26. The Morgan fingerprint density at radius 1 is 1.22 bits per heavy atom. The van der Waals surface area contributed by atoms with Crippen molar-refractivity contribution in [2.75, 3.05) is 29.3 Å². The minimum atomic E-state index is -3.71. The van der Waals surface area contributed by atoms with Crippen LogP contribution in [-0.4, -0.2) is 54.9 Å². The van der Waals surface area contributed by atoms with Crippen molar-refractivity contribution < 1.29 is 17.6 Å².